The highest BCUT2D eigenvalue weighted by molar-refractivity contribution is 7.89. The van der Waals surface area contributed by atoms with E-state index in [1.54, 1.807) is 0 Å². The Balaban J connectivity index is 3.10. The minimum atomic E-state index is -3.84. The molecule has 0 bridgehead atoms. The molecule has 0 fully saturated rings. The summed E-state index contributed by atoms with van der Waals surface area (Å²) in [5, 5.41) is 8.99. The molecule has 0 saturated heterocycles. The zero-order valence-corrected chi connectivity index (χ0v) is 12.9. The first-order valence-corrected chi connectivity index (χ1v) is 8.00. The van der Waals surface area contributed by atoms with Crippen LogP contribution in [-0.2, 0) is 10.0 Å². The van der Waals surface area contributed by atoms with Crippen LogP contribution in [0.2, 0.25) is 0 Å². The number of rotatable bonds is 7. The van der Waals surface area contributed by atoms with E-state index in [9.17, 15) is 13.2 Å². The summed E-state index contributed by atoms with van der Waals surface area (Å²) in [7, 11) is -3.84. The molecule has 8 heteroatoms. The first-order chi connectivity index (χ1) is 9.69. The number of aliphatic hydroxyl groups excluding tert-OH is 1. The van der Waals surface area contributed by atoms with Gasteiger partial charge in [0.25, 0.3) is 0 Å². The van der Waals surface area contributed by atoms with Crippen molar-refractivity contribution in [2.24, 2.45) is 11.7 Å². The molecule has 0 aliphatic heterocycles. The van der Waals surface area contributed by atoms with Crippen LogP contribution in [0.4, 0.5) is 5.69 Å². The Morgan fingerprint density at radius 3 is 2.43 bits per heavy atom. The predicted molar refractivity (Wildman–Crippen MR) is 80.0 cm³/mol. The van der Waals surface area contributed by atoms with E-state index in [1.807, 2.05) is 13.8 Å². The normalized spacial score (nSPS) is 13.3. The summed E-state index contributed by atoms with van der Waals surface area (Å²) in [6.07, 6.45) is 0.302. The van der Waals surface area contributed by atoms with Crippen molar-refractivity contribution in [3.05, 3.63) is 23.8 Å². The molecule has 1 unspecified atom stereocenters. The molecule has 0 aliphatic carbocycles. The molecule has 1 aromatic rings. The van der Waals surface area contributed by atoms with Crippen LogP contribution < -0.4 is 16.2 Å². The highest BCUT2D eigenvalue weighted by atomic mass is 32.2. The average Bonchev–Trinajstić information content (AvgIpc) is 2.37. The molecule has 0 radical (unpaired) electrons. The molecule has 0 spiro atoms. The van der Waals surface area contributed by atoms with E-state index in [2.05, 4.69) is 4.72 Å². The lowest BCUT2D eigenvalue weighted by Gasteiger charge is -2.22. The third-order valence-electron chi connectivity index (χ3n) is 3.14. The van der Waals surface area contributed by atoms with E-state index in [-0.39, 0.29) is 28.7 Å². The van der Waals surface area contributed by atoms with Crippen LogP contribution in [0.15, 0.2) is 23.1 Å². The first-order valence-electron chi connectivity index (χ1n) is 6.51. The molecular weight excluding hydrogens is 294 g/mol. The van der Waals surface area contributed by atoms with Gasteiger partial charge in [0.1, 0.15) is 4.90 Å². The second kappa shape index (κ2) is 6.88. The van der Waals surface area contributed by atoms with Gasteiger partial charge in [-0.1, -0.05) is 13.8 Å². The van der Waals surface area contributed by atoms with E-state index >= 15 is 0 Å². The molecule has 1 aromatic carbocycles. The summed E-state index contributed by atoms with van der Waals surface area (Å²) in [5.74, 6) is -0.669. The van der Waals surface area contributed by atoms with E-state index in [1.165, 1.54) is 18.2 Å². The molecule has 0 saturated carbocycles. The van der Waals surface area contributed by atoms with Gasteiger partial charge in [-0.3, -0.25) is 4.79 Å². The SMILES string of the molecule is CC(C)C(CCO)NS(=O)(=O)c1ccc(C(N)=O)cc1N. The van der Waals surface area contributed by atoms with Crippen LogP contribution in [0.3, 0.4) is 0 Å². The highest BCUT2D eigenvalue weighted by Crippen LogP contribution is 2.21. The number of hydrogen-bond acceptors (Lipinski definition) is 5. The van der Waals surface area contributed by atoms with Crippen molar-refractivity contribution in [2.75, 3.05) is 12.3 Å². The zero-order valence-electron chi connectivity index (χ0n) is 12.0. The van der Waals surface area contributed by atoms with E-state index in [0.29, 0.717) is 6.42 Å². The molecule has 21 heavy (non-hydrogen) atoms. The zero-order chi connectivity index (χ0) is 16.2. The number of hydrogen-bond donors (Lipinski definition) is 4. The predicted octanol–water partition coefficient (Wildman–Crippen LogP) is 0.0530. The van der Waals surface area contributed by atoms with Gasteiger partial charge in [-0.25, -0.2) is 13.1 Å². The Bertz CT molecular complexity index is 614. The standard InChI is InChI=1S/C13H21N3O4S/c1-8(2)11(5-6-17)16-21(19,20)12-4-3-9(13(15)18)7-10(12)14/h3-4,7-8,11,16-17H,5-6,14H2,1-2H3,(H2,15,18). The lowest BCUT2D eigenvalue weighted by atomic mass is 10.0. The largest absolute Gasteiger partial charge is 0.398 e. The molecule has 7 nitrogen and oxygen atoms in total. The third-order valence-corrected chi connectivity index (χ3v) is 4.70. The van der Waals surface area contributed by atoms with Crippen LogP contribution >= 0.6 is 0 Å². The maximum absolute atomic E-state index is 12.3. The number of aliphatic hydroxyl groups is 1. The first kappa shape index (κ1) is 17.4. The summed E-state index contributed by atoms with van der Waals surface area (Å²) in [6.45, 7) is 3.58. The van der Waals surface area contributed by atoms with E-state index < -0.39 is 22.0 Å². The van der Waals surface area contributed by atoms with Gasteiger partial charge >= 0.3 is 0 Å². The maximum atomic E-state index is 12.3. The van der Waals surface area contributed by atoms with Crippen LogP contribution in [0.5, 0.6) is 0 Å². The van der Waals surface area contributed by atoms with Gasteiger partial charge in [0.15, 0.2) is 0 Å². The molecule has 0 heterocycles. The summed E-state index contributed by atoms with van der Waals surface area (Å²) in [5.41, 5.74) is 10.9. The fourth-order valence-electron chi connectivity index (χ4n) is 1.88. The highest BCUT2D eigenvalue weighted by Gasteiger charge is 2.24. The second-order valence-electron chi connectivity index (χ2n) is 5.10. The van der Waals surface area contributed by atoms with Crippen LogP contribution in [-0.4, -0.2) is 32.1 Å². The van der Waals surface area contributed by atoms with Crippen molar-refractivity contribution in [3.8, 4) is 0 Å². The Kier molecular flexibility index (Phi) is 5.70. The summed E-state index contributed by atoms with van der Waals surface area (Å²) in [4.78, 5) is 10.9. The van der Waals surface area contributed by atoms with Crippen molar-refractivity contribution < 1.29 is 18.3 Å². The van der Waals surface area contributed by atoms with Crippen LogP contribution in [0.25, 0.3) is 0 Å². The van der Waals surface area contributed by atoms with Gasteiger partial charge in [0.2, 0.25) is 15.9 Å². The van der Waals surface area contributed by atoms with Crippen molar-refractivity contribution in [1.29, 1.82) is 0 Å². The Morgan fingerprint density at radius 2 is 2.00 bits per heavy atom. The lowest BCUT2D eigenvalue weighted by molar-refractivity contribution is 0.1000. The van der Waals surface area contributed by atoms with Crippen molar-refractivity contribution in [3.63, 3.8) is 0 Å². The molecule has 0 aliphatic rings. The van der Waals surface area contributed by atoms with Crippen LogP contribution in [0, 0.1) is 5.92 Å². The number of nitrogens with one attached hydrogen (secondary N) is 1. The molecular formula is C13H21N3O4S. The third kappa shape index (κ3) is 4.42. The topological polar surface area (TPSA) is 136 Å². The number of carbonyl (C=O) groups excluding carboxylic acids is 1. The number of nitrogen functional groups attached to an aromatic ring is 1. The Labute approximate surface area is 124 Å². The average molecular weight is 315 g/mol. The van der Waals surface area contributed by atoms with Crippen molar-refractivity contribution >= 4 is 21.6 Å². The van der Waals surface area contributed by atoms with Gasteiger partial charge in [0, 0.05) is 18.2 Å². The van der Waals surface area contributed by atoms with Gasteiger partial charge in [-0.05, 0) is 30.5 Å². The van der Waals surface area contributed by atoms with E-state index in [0.717, 1.165) is 0 Å². The fourth-order valence-corrected chi connectivity index (χ4v) is 3.41. The van der Waals surface area contributed by atoms with E-state index in [4.69, 9.17) is 16.6 Å². The number of nitrogens with two attached hydrogens (primary N) is 2. The number of carbonyl (C=O) groups is 1. The summed E-state index contributed by atoms with van der Waals surface area (Å²) in [6, 6.07) is 3.38. The summed E-state index contributed by atoms with van der Waals surface area (Å²) < 4.78 is 27.2. The number of primary amides is 1. The molecule has 6 N–H and O–H groups in total. The van der Waals surface area contributed by atoms with Gasteiger partial charge in [0.05, 0.1) is 5.69 Å². The van der Waals surface area contributed by atoms with Gasteiger partial charge in [-0.2, -0.15) is 0 Å². The Morgan fingerprint density at radius 1 is 1.38 bits per heavy atom. The quantitative estimate of drug-likeness (QED) is 0.527. The van der Waals surface area contributed by atoms with Crippen molar-refractivity contribution in [1.82, 2.24) is 4.72 Å². The number of anilines is 1. The second-order valence-corrected chi connectivity index (χ2v) is 6.78. The monoisotopic (exact) mass is 315 g/mol. The molecule has 1 amide bonds. The molecule has 0 aromatic heterocycles. The Hall–Kier alpha value is -1.64. The molecule has 1 rings (SSSR count). The van der Waals surface area contributed by atoms with Crippen molar-refractivity contribution in [2.45, 2.75) is 31.2 Å². The van der Waals surface area contributed by atoms with Gasteiger partial charge < -0.3 is 16.6 Å². The minimum Gasteiger partial charge on any atom is -0.398 e. The molecule has 1 atom stereocenters. The number of amides is 1. The lowest BCUT2D eigenvalue weighted by Crippen LogP contribution is -2.39. The number of benzene rings is 1. The maximum Gasteiger partial charge on any atom is 0.248 e. The number of sulfonamides is 1. The summed E-state index contributed by atoms with van der Waals surface area (Å²) >= 11 is 0. The smallest absolute Gasteiger partial charge is 0.248 e. The van der Waals surface area contributed by atoms with Gasteiger partial charge in [-0.15, -0.1) is 0 Å². The minimum absolute atomic E-state index is 0.0121. The van der Waals surface area contributed by atoms with Crippen LogP contribution in [0.1, 0.15) is 30.6 Å². The molecule has 118 valence electrons. The fraction of sp³-hybridized carbons (Fsp3) is 0.462.